The molecule has 154 valence electrons. The van der Waals surface area contributed by atoms with Gasteiger partial charge in [0.15, 0.2) is 0 Å². The fraction of sp³-hybridized carbons (Fsp3) is 0.895. The van der Waals surface area contributed by atoms with Gasteiger partial charge in [-0.3, -0.25) is 14.9 Å². The van der Waals surface area contributed by atoms with E-state index in [-0.39, 0.29) is 11.8 Å². The van der Waals surface area contributed by atoms with Crippen LogP contribution in [0.25, 0.3) is 0 Å². The Morgan fingerprint density at radius 2 is 1.46 bits per heavy atom. The third-order valence-electron chi connectivity index (χ3n) is 4.46. The van der Waals surface area contributed by atoms with Crippen LogP contribution >= 0.6 is 0 Å². The van der Waals surface area contributed by atoms with E-state index in [2.05, 4.69) is 22.9 Å². The van der Waals surface area contributed by atoms with Crippen LogP contribution in [0.1, 0.15) is 84.0 Å². The molecule has 0 fully saturated rings. The minimum absolute atomic E-state index is 0.0509. The van der Waals surface area contributed by atoms with E-state index in [0.717, 1.165) is 12.8 Å². The Hall–Kier alpha value is -1.18. The molecule has 7 nitrogen and oxygen atoms in total. The SMILES string of the molecule is CCCCCCCCCCCC(=O)N[C@@H](CCCNC(N)N)C(=O)NC. The number of likely N-dealkylation sites (N-methyl/N-ethyl adjacent to an activating group) is 1. The summed E-state index contributed by atoms with van der Waals surface area (Å²) in [5.41, 5.74) is 10.8. The number of nitrogens with one attached hydrogen (secondary N) is 3. The zero-order chi connectivity index (χ0) is 19.6. The third-order valence-corrected chi connectivity index (χ3v) is 4.46. The maximum absolute atomic E-state index is 12.1. The Labute approximate surface area is 159 Å². The standard InChI is InChI=1S/C19H41N5O2/c1-3-4-5-6-7-8-9-10-11-14-17(25)24-16(18(26)22-2)13-12-15-23-19(20)21/h16,19,23H,3-15,20-21H2,1-2H3,(H,22,26)(H,24,25)/t16-/m0/s1. The van der Waals surface area contributed by atoms with Gasteiger partial charge < -0.3 is 22.1 Å². The minimum atomic E-state index is -0.560. The summed E-state index contributed by atoms with van der Waals surface area (Å²) < 4.78 is 0. The number of hydrogen-bond acceptors (Lipinski definition) is 5. The van der Waals surface area contributed by atoms with Crippen molar-refractivity contribution in [2.24, 2.45) is 11.5 Å². The number of hydrogen-bond donors (Lipinski definition) is 5. The second-order valence-electron chi connectivity index (χ2n) is 6.93. The summed E-state index contributed by atoms with van der Waals surface area (Å²) in [7, 11) is 1.58. The lowest BCUT2D eigenvalue weighted by Crippen LogP contribution is -2.47. The maximum atomic E-state index is 12.1. The Morgan fingerprint density at radius 3 is 2.00 bits per heavy atom. The number of amides is 2. The molecule has 2 amide bonds. The first-order valence-corrected chi connectivity index (χ1v) is 10.3. The minimum Gasteiger partial charge on any atom is -0.357 e. The van der Waals surface area contributed by atoms with Crippen LogP contribution in [0.2, 0.25) is 0 Å². The summed E-state index contributed by atoms with van der Waals surface area (Å²) in [5.74, 6) is -0.215. The molecular weight excluding hydrogens is 330 g/mol. The summed E-state index contributed by atoms with van der Waals surface area (Å²) in [5, 5.41) is 8.33. The van der Waals surface area contributed by atoms with E-state index in [0.29, 0.717) is 25.8 Å². The Bertz CT molecular complexity index is 364. The van der Waals surface area contributed by atoms with Crippen LogP contribution < -0.4 is 27.4 Å². The fourth-order valence-corrected chi connectivity index (χ4v) is 2.88. The van der Waals surface area contributed by atoms with Crippen molar-refractivity contribution in [2.45, 2.75) is 96.3 Å². The Morgan fingerprint density at radius 1 is 0.885 bits per heavy atom. The van der Waals surface area contributed by atoms with Gasteiger partial charge in [-0.1, -0.05) is 58.3 Å². The summed E-state index contributed by atoms with van der Waals surface area (Å²) in [6.45, 7) is 2.84. The van der Waals surface area contributed by atoms with Crippen LogP contribution in [0.3, 0.4) is 0 Å². The molecule has 26 heavy (non-hydrogen) atoms. The molecule has 0 aliphatic heterocycles. The molecule has 0 spiro atoms. The molecule has 0 rings (SSSR count). The zero-order valence-corrected chi connectivity index (χ0v) is 16.8. The van der Waals surface area contributed by atoms with Crippen molar-refractivity contribution in [2.75, 3.05) is 13.6 Å². The Balaban J connectivity index is 3.83. The van der Waals surface area contributed by atoms with Crippen LogP contribution in [-0.2, 0) is 9.59 Å². The molecule has 0 saturated heterocycles. The molecule has 7 N–H and O–H groups in total. The highest BCUT2D eigenvalue weighted by Crippen LogP contribution is 2.10. The van der Waals surface area contributed by atoms with Crippen LogP contribution in [0, 0.1) is 0 Å². The molecule has 0 unspecified atom stereocenters. The lowest BCUT2D eigenvalue weighted by molar-refractivity contribution is -0.129. The molecule has 0 heterocycles. The highest BCUT2D eigenvalue weighted by molar-refractivity contribution is 5.87. The van der Waals surface area contributed by atoms with Crippen molar-refractivity contribution in [1.82, 2.24) is 16.0 Å². The van der Waals surface area contributed by atoms with Crippen molar-refractivity contribution in [3.63, 3.8) is 0 Å². The van der Waals surface area contributed by atoms with Gasteiger partial charge in [0.05, 0.1) is 0 Å². The molecule has 0 aromatic rings. The molecule has 0 aliphatic carbocycles. The molecule has 1 atom stereocenters. The topological polar surface area (TPSA) is 122 Å². The normalized spacial score (nSPS) is 12.2. The van der Waals surface area contributed by atoms with Crippen molar-refractivity contribution >= 4 is 11.8 Å². The van der Waals surface area contributed by atoms with E-state index in [9.17, 15) is 9.59 Å². The highest BCUT2D eigenvalue weighted by atomic mass is 16.2. The van der Waals surface area contributed by atoms with E-state index < -0.39 is 12.3 Å². The van der Waals surface area contributed by atoms with Gasteiger partial charge in [0.25, 0.3) is 0 Å². The summed E-state index contributed by atoms with van der Waals surface area (Å²) in [6, 6.07) is -0.498. The van der Waals surface area contributed by atoms with Gasteiger partial charge in [0.2, 0.25) is 11.8 Å². The van der Waals surface area contributed by atoms with Crippen LogP contribution in [0.5, 0.6) is 0 Å². The average molecular weight is 372 g/mol. The van der Waals surface area contributed by atoms with Crippen molar-refractivity contribution in [3.05, 3.63) is 0 Å². The molecular formula is C19H41N5O2. The van der Waals surface area contributed by atoms with E-state index >= 15 is 0 Å². The van der Waals surface area contributed by atoms with Gasteiger partial charge in [-0.25, -0.2) is 0 Å². The van der Waals surface area contributed by atoms with Gasteiger partial charge >= 0.3 is 0 Å². The second-order valence-corrected chi connectivity index (χ2v) is 6.93. The second kappa shape index (κ2) is 17.2. The first-order valence-electron chi connectivity index (χ1n) is 10.3. The third kappa shape index (κ3) is 15.1. The van der Waals surface area contributed by atoms with Crippen molar-refractivity contribution in [1.29, 1.82) is 0 Å². The van der Waals surface area contributed by atoms with Crippen LogP contribution in [-0.4, -0.2) is 37.7 Å². The fourth-order valence-electron chi connectivity index (χ4n) is 2.88. The number of carbonyl (C=O) groups excluding carboxylic acids is 2. The predicted octanol–water partition coefficient (Wildman–Crippen LogP) is 1.71. The van der Waals surface area contributed by atoms with E-state index in [1.54, 1.807) is 7.05 Å². The largest absolute Gasteiger partial charge is 0.357 e. The van der Waals surface area contributed by atoms with Crippen LogP contribution in [0.15, 0.2) is 0 Å². The lowest BCUT2D eigenvalue weighted by atomic mass is 10.1. The molecule has 0 bridgehead atoms. The number of nitrogens with two attached hydrogens (primary N) is 2. The smallest absolute Gasteiger partial charge is 0.242 e. The van der Waals surface area contributed by atoms with Gasteiger partial charge in [-0.05, 0) is 25.8 Å². The molecule has 0 saturated carbocycles. The Kier molecular flexibility index (Phi) is 16.5. The number of rotatable bonds is 17. The maximum Gasteiger partial charge on any atom is 0.242 e. The van der Waals surface area contributed by atoms with E-state index in [1.165, 1.54) is 44.9 Å². The van der Waals surface area contributed by atoms with E-state index in [4.69, 9.17) is 11.5 Å². The number of carbonyl (C=O) groups is 2. The van der Waals surface area contributed by atoms with E-state index in [1.807, 2.05) is 0 Å². The summed E-state index contributed by atoms with van der Waals surface area (Å²) in [6.07, 6.45) is 12.2. The van der Waals surface area contributed by atoms with Crippen molar-refractivity contribution in [3.8, 4) is 0 Å². The molecule has 0 aliphatic rings. The molecule has 0 aromatic heterocycles. The molecule has 0 aromatic carbocycles. The molecule has 0 radical (unpaired) electrons. The van der Waals surface area contributed by atoms with Gasteiger partial charge in [-0.2, -0.15) is 0 Å². The predicted molar refractivity (Wildman–Crippen MR) is 107 cm³/mol. The zero-order valence-electron chi connectivity index (χ0n) is 16.8. The van der Waals surface area contributed by atoms with Crippen LogP contribution in [0.4, 0.5) is 0 Å². The average Bonchev–Trinajstić information content (AvgIpc) is 2.62. The molecule has 7 heteroatoms. The van der Waals surface area contributed by atoms with Gasteiger partial charge in [0.1, 0.15) is 12.3 Å². The number of unbranched alkanes of at least 4 members (excludes halogenated alkanes) is 8. The first-order chi connectivity index (χ1) is 12.5. The van der Waals surface area contributed by atoms with Gasteiger partial charge in [0, 0.05) is 13.5 Å². The quantitative estimate of drug-likeness (QED) is 0.197. The van der Waals surface area contributed by atoms with Crippen molar-refractivity contribution < 1.29 is 9.59 Å². The lowest BCUT2D eigenvalue weighted by Gasteiger charge is -2.18. The summed E-state index contributed by atoms with van der Waals surface area (Å²) >= 11 is 0. The van der Waals surface area contributed by atoms with Gasteiger partial charge in [-0.15, -0.1) is 0 Å². The highest BCUT2D eigenvalue weighted by Gasteiger charge is 2.18. The first kappa shape index (κ1) is 24.8. The summed E-state index contributed by atoms with van der Waals surface area (Å²) in [4.78, 5) is 24.0. The monoisotopic (exact) mass is 371 g/mol.